The quantitative estimate of drug-likeness (QED) is 0.835. The molecule has 1 aromatic carbocycles. The van der Waals surface area contributed by atoms with Gasteiger partial charge in [0.05, 0.1) is 11.6 Å². The normalized spacial score (nSPS) is 21.5. The van der Waals surface area contributed by atoms with Gasteiger partial charge in [0, 0.05) is 11.6 Å². The standard InChI is InChI=1S/C13H19NO3/c1-3-13(2,15)8-17-9-4-5-10-11(14)7-16-12(10)6-9/h4-6,11,15H,3,7-8,14H2,1-2H3. The number of benzene rings is 1. The lowest BCUT2D eigenvalue weighted by Crippen LogP contribution is -2.31. The van der Waals surface area contributed by atoms with Crippen molar-refractivity contribution in [3.05, 3.63) is 23.8 Å². The van der Waals surface area contributed by atoms with Gasteiger partial charge in [0.15, 0.2) is 0 Å². The summed E-state index contributed by atoms with van der Waals surface area (Å²) in [5, 5.41) is 9.84. The number of hydrogen-bond donors (Lipinski definition) is 2. The Morgan fingerprint density at radius 3 is 3.06 bits per heavy atom. The zero-order chi connectivity index (χ0) is 12.5. The fraction of sp³-hybridized carbons (Fsp3) is 0.538. The molecule has 0 aromatic heterocycles. The van der Waals surface area contributed by atoms with Crippen LogP contribution in [-0.4, -0.2) is 23.9 Å². The zero-order valence-corrected chi connectivity index (χ0v) is 10.3. The van der Waals surface area contributed by atoms with Gasteiger partial charge in [0.1, 0.15) is 24.7 Å². The molecule has 0 spiro atoms. The van der Waals surface area contributed by atoms with Crippen molar-refractivity contribution in [3.8, 4) is 11.5 Å². The van der Waals surface area contributed by atoms with Crippen molar-refractivity contribution in [2.45, 2.75) is 31.9 Å². The van der Waals surface area contributed by atoms with Gasteiger partial charge >= 0.3 is 0 Å². The Morgan fingerprint density at radius 1 is 1.59 bits per heavy atom. The second-order valence-corrected chi connectivity index (χ2v) is 4.76. The molecule has 0 amide bonds. The topological polar surface area (TPSA) is 64.7 Å². The maximum Gasteiger partial charge on any atom is 0.127 e. The van der Waals surface area contributed by atoms with Gasteiger partial charge in [0.25, 0.3) is 0 Å². The van der Waals surface area contributed by atoms with Crippen LogP contribution in [0, 0.1) is 0 Å². The van der Waals surface area contributed by atoms with E-state index >= 15 is 0 Å². The molecule has 0 saturated carbocycles. The summed E-state index contributed by atoms with van der Waals surface area (Å²) in [5.41, 5.74) is 6.07. The summed E-state index contributed by atoms with van der Waals surface area (Å²) in [5.74, 6) is 1.48. The average Bonchev–Trinajstić information content (AvgIpc) is 2.68. The molecule has 1 heterocycles. The summed E-state index contributed by atoms with van der Waals surface area (Å²) < 4.78 is 11.0. The third-order valence-corrected chi connectivity index (χ3v) is 3.11. The second kappa shape index (κ2) is 4.55. The van der Waals surface area contributed by atoms with Crippen LogP contribution in [0.25, 0.3) is 0 Å². The van der Waals surface area contributed by atoms with Gasteiger partial charge in [-0.15, -0.1) is 0 Å². The SMILES string of the molecule is CCC(C)(O)COc1ccc2c(c1)OCC2N. The molecule has 17 heavy (non-hydrogen) atoms. The predicted molar refractivity (Wildman–Crippen MR) is 65.3 cm³/mol. The summed E-state index contributed by atoms with van der Waals surface area (Å²) in [6.07, 6.45) is 0.652. The molecule has 1 aromatic rings. The first-order valence-electron chi connectivity index (χ1n) is 5.89. The van der Waals surface area contributed by atoms with Gasteiger partial charge in [-0.1, -0.05) is 6.92 Å². The van der Waals surface area contributed by atoms with Crippen LogP contribution in [0.2, 0.25) is 0 Å². The largest absolute Gasteiger partial charge is 0.491 e. The molecule has 0 bridgehead atoms. The van der Waals surface area contributed by atoms with Crippen molar-refractivity contribution in [1.82, 2.24) is 0 Å². The van der Waals surface area contributed by atoms with Crippen LogP contribution in [0.3, 0.4) is 0 Å². The summed E-state index contributed by atoms with van der Waals surface area (Å²) in [6, 6.07) is 5.56. The molecule has 4 heteroatoms. The highest BCUT2D eigenvalue weighted by Gasteiger charge is 2.22. The highest BCUT2D eigenvalue weighted by Crippen LogP contribution is 2.34. The predicted octanol–water partition coefficient (Wildman–Crippen LogP) is 1.62. The highest BCUT2D eigenvalue weighted by atomic mass is 16.5. The summed E-state index contributed by atoms with van der Waals surface area (Å²) >= 11 is 0. The molecule has 3 N–H and O–H groups in total. The van der Waals surface area contributed by atoms with E-state index in [1.165, 1.54) is 0 Å². The van der Waals surface area contributed by atoms with Crippen molar-refractivity contribution in [2.24, 2.45) is 5.73 Å². The van der Waals surface area contributed by atoms with Crippen LogP contribution < -0.4 is 15.2 Å². The Bertz CT molecular complexity index is 404. The highest BCUT2D eigenvalue weighted by molar-refractivity contribution is 5.44. The first-order chi connectivity index (χ1) is 8.02. The van der Waals surface area contributed by atoms with Gasteiger partial charge in [-0.05, 0) is 25.5 Å². The van der Waals surface area contributed by atoms with Crippen molar-refractivity contribution in [1.29, 1.82) is 0 Å². The van der Waals surface area contributed by atoms with Crippen molar-refractivity contribution >= 4 is 0 Å². The number of rotatable bonds is 4. The molecule has 2 rings (SSSR count). The van der Waals surface area contributed by atoms with E-state index in [1.54, 1.807) is 6.92 Å². The number of nitrogens with two attached hydrogens (primary N) is 1. The molecule has 0 radical (unpaired) electrons. The van der Waals surface area contributed by atoms with E-state index in [1.807, 2.05) is 25.1 Å². The van der Waals surface area contributed by atoms with Gasteiger partial charge in [0.2, 0.25) is 0 Å². The maximum absolute atomic E-state index is 9.84. The fourth-order valence-corrected chi connectivity index (χ4v) is 1.65. The number of hydrogen-bond acceptors (Lipinski definition) is 4. The summed E-state index contributed by atoms with van der Waals surface area (Å²) in [7, 11) is 0. The molecule has 2 atom stereocenters. The minimum Gasteiger partial charge on any atom is -0.491 e. The summed E-state index contributed by atoms with van der Waals surface area (Å²) in [4.78, 5) is 0. The minimum atomic E-state index is -0.795. The van der Waals surface area contributed by atoms with Crippen LogP contribution in [0.5, 0.6) is 11.5 Å². The molecule has 0 saturated heterocycles. The van der Waals surface area contributed by atoms with Crippen molar-refractivity contribution < 1.29 is 14.6 Å². The van der Waals surface area contributed by atoms with Gasteiger partial charge in [-0.3, -0.25) is 0 Å². The van der Waals surface area contributed by atoms with E-state index in [9.17, 15) is 5.11 Å². The molecule has 94 valence electrons. The van der Waals surface area contributed by atoms with Crippen LogP contribution >= 0.6 is 0 Å². The minimum absolute atomic E-state index is 0.0437. The van der Waals surface area contributed by atoms with E-state index in [-0.39, 0.29) is 12.6 Å². The van der Waals surface area contributed by atoms with E-state index in [4.69, 9.17) is 15.2 Å². The molecule has 1 aliphatic rings. The van der Waals surface area contributed by atoms with Crippen molar-refractivity contribution in [3.63, 3.8) is 0 Å². The van der Waals surface area contributed by atoms with E-state index in [0.29, 0.717) is 18.8 Å². The van der Waals surface area contributed by atoms with Gasteiger partial charge in [-0.25, -0.2) is 0 Å². The molecule has 2 unspecified atom stereocenters. The zero-order valence-electron chi connectivity index (χ0n) is 10.3. The van der Waals surface area contributed by atoms with Crippen LogP contribution in [-0.2, 0) is 0 Å². The number of ether oxygens (including phenoxy) is 2. The van der Waals surface area contributed by atoms with E-state index in [2.05, 4.69) is 0 Å². The lowest BCUT2D eigenvalue weighted by Gasteiger charge is -2.21. The van der Waals surface area contributed by atoms with Crippen molar-refractivity contribution in [2.75, 3.05) is 13.2 Å². The molecule has 4 nitrogen and oxygen atoms in total. The molecule has 0 aliphatic carbocycles. The maximum atomic E-state index is 9.84. The monoisotopic (exact) mass is 237 g/mol. The smallest absolute Gasteiger partial charge is 0.127 e. The Kier molecular flexibility index (Phi) is 3.26. The van der Waals surface area contributed by atoms with Gasteiger partial charge in [-0.2, -0.15) is 0 Å². The third-order valence-electron chi connectivity index (χ3n) is 3.11. The first kappa shape index (κ1) is 12.2. The van der Waals surface area contributed by atoms with E-state index in [0.717, 1.165) is 11.3 Å². The second-order valence-electron chi connectivity index (χ2n) is 4.76. The molecule has 0 fully saturated rings. The third kappa shape index (κ3) is 2.70. The van der Waals surface area contributed by atoms with Crippen LogP contribution in [0.15, 0.2) is 18.2 Å². The molecular formula is C13H19NO3. The number of aliphatic hydroxyl groups is 1. The Balaban J connectivity index is 2.04. The lowest BCUT2D eigenvalue weighted by atomic mass is 10.1. The van der Waals surface area contributed by atoms with Crippen LogP contribution in [0.1, 0.15) is 31.9 Å². The molecular weight excluding hydrogens is 218 g/mol. The number of fused-ring (bicyclic) bond motifs is 1. The fourth-order valence-electron chi connectivity index (χ4n) is 1.65. The Labute approximate surface area is 101 Å². The molecule has 1 aliphatic heterocycles. The van der Waals surface area contributed by atoms with E-state index < -0.39 is 5.60 Å². The van der Waals surface area contributed by atoms with Gasteiger partial charge < -0.3 is 20.3 Å². The Morgan fingerprint density at radius 2 is 2.35 bits per heavy atom. The van der Waals surface area contributed by atoms with Crippen LogP contribution in [0.4, 0.5) is 0 Å². The summed E-state index contributed by atoms with van der Waals surface area (Å²) in [6.45, 7) is 4.47. The Hall–Kier alpha value is -1.26. The average molecular weight is 237 g/mol. The first-order valence-corrected chi connectivity index (χ1v) is 5.89. The lowest BCUT2D eigenvalue weighted by molar-refractivity contribution is 0.00841.